The van der Waals surface area contributed by atoms with Crippen LogP contribution in [0.1, 0.15) is 35.5 Å². The van der Waals surface area contributed by atoms with E-state index in [0.717, 1.165) is 31.2 Å². The maximum absolute atomic E-state index is 12.8. The highest BCUT2D eigenvalue weighted by Crippen LogP contribution is 2.33. The molecular formula is C16H15F3N6O2S. The van der Waals surface area contributed by atoms with Gasteiger partial charge in [-0.1, -0.05) is 0 Å². The Morgan fingerprint density at radius 2 is 2.11 bits per heavy atom. The van der Waals surface area contributed by atoms with E-state index in [9.17, 15) is 22.8 Å². The molecule has 3 heterocycles. The molecule has 0 saturated carbocycles. The third kappa shape index (κ3) is 3.51. The van der Waals surface area contributed by atoms with Gasteiger partial charge < -0.3 is 0 Å². The third-order valence-electron chi connectivity index (χ3n) is 4.53. The van der Waals surface area contributed by atoms with Crippen LogP contribution >= 0.6 is 11.3 Å². The number of nitrogens with zero attached hydrogens (tertiary/aromatic N) is 4. The molecule has 0 radical (unpaired) electrons. The van der Waals surface area contributed by atoms with Crippen LogP contribution in [-0.4, -0.2) is 30.6 Å². The lowest BCUT2D eigenvalue weighted by Crippen LogP contribution is -2.24. The van der Waals surface area contributed by atoms with Crippen LogP contribution in [0.25, 0.3) is 10.2 Å². The summed E-state index contributed by atoms with van der Waals surface area (Å²) in [7, 11) is 0. The van der Waals surface area contributed by atoms with Crippen molar-refractivity contribution in [1.29, 1.82) is 0 Å². The van der Waals surface area contributed by atoms with Crippen LogP contribution in [0.4, 0.5) is 19.1 Å². The number of anilines is 1. The minimum Gasteiger partial charge on any atom is -0.298 e. The quantitative estimate of drug-likeness (QED) is 0.685. The number of halogens is 3. The molecule has 1 aliphatic carbocycles. The number of carbonyl (C=O) groups excluding carboxylic acids is 1. The van der Waals surface area contributed by atoms with E-state index in [1.54, 1.807) is 5.10 Å². The second-order valence-electron chi connectivity index (χ2n) is 6.44. The molecule has 1 aliphatic rings. The Hall–Kier alpha value is -2.76. The molecule has 0 bridgehead atoms. The van der Waals surface area contributed by atoms with E-state index in [4.69, 9.17) is 0 Å². The maximum atomic E-state index is 12.8. The second-order valence-corrected chi connectivity index (χ2v) is 7.52. The molecule has 3 aromatic rings. The van der Waals surface area contributed by atoms with Crippen LogP contribution in [0.15, 0.2) is 11.1 Å². The van der Waals surface area contributed by atoms with Gasteiger partial charge in [-0.25, -0.2) is 4.98 Å². The summed E-state index contributed by atoms with van der Waals surface area (Å²) in [4.78, 5) is 34.2. The van der Waals surface area contributed by atoms with Gasteiger partial charge in [-0.2, -0.15) is 18.2 Å². The van der Waals surface area contributed by atoms with Gasteiger partial charge >= 0.3 is 6.18 Å². The summed E-state index contributed by atoms with van der Waals surface area (Å²) in [6.07, 6.45) is 0.531. The summed E-state index contributed by atoms with van der Waals surface area (Å²) >= 11 is 1.54. The third-order valence-corrected chi connectivity index (χ3v) is 5.73. The Balaban J connectivity index is 1.47. The average Bonchev–Trinajstić information content (AvgIpc) is 3.25. The van der Waals surface area contributed by atoms with Crippen molar-refractivity contribution in [3.05, 3.63) is 32.9 Å². The number of hydrogen-bond acceptors (Lipinski definition) is 6. The molecule has 0 saturated heterocycles. The fourth-order valence-electron chi connectivity index (χ4n) is 3.19. The summed E-state index contributed by atoms with van der Waals surface area (Å²) < 4.78 is 38.8. The minimum absolute atomic E-state index is 0.0504. The topological polar surface area (TPSA) is 106 Å². The molecule has 12 heteroatoms. The summed E-state index contributed by atoms with van der Waals surface area (Å²) in [5.74, 6) is -2.37. The van der Waals surface area contributed by atoms with Crippen molar-refractivity contribution >= 4 is 33.4 Å². The van der Waals surface area contributed by atoms with E-state index in [-0.39, 0.29) is 18.5 Å². The minimum atomic E-state index is -4.68. The number of thiophene rings is 1. The fraction of sp³-hybridized carbons (Fsp3) is 0.438. The molecule has 0 unspecified atom stereocenters. The first-order chi connectivity index (χ1) is 13.3. The molecule has 0 spiro atoms. The lowest BCUT2D eigenvalue weighted by molar-refractivity contribution is -0.144. The highest BCUT2D eigenvalue weighted by atomic mass is 32.1. The van der Waals surface area contributed by atoms with Gasteiger partial charge in [0.25, 0.3) is 5.56 Å². The number of fused-ring (bicyclic) bond motifs is 3. The highest BCUT2D eigenvalue weighted by molar-refractivity contribution is 7.18. The zero-order valence-electron chi connectivity index (χ0n) is 14.5. The molecule has 2 N–H and O–H groups in total. The Kier molecular flexibility index (Phi) is 4.65. The van der Waals surface area contributed by atoms with Gasteiger partial charge in [0.05, 0.1) is 11.7 Å². The van der Waals surface area contributed by atoms with E-state index in [0.29, 0.717) is 10.2 Å². The van der Waals surface area contributed by atoms with Gasteiger partial charge in [0, 0.05) is 17.8 Å². The van der Waals surface area contributed by atoms with Gasteiger partial charge in [0.15, 0.2) is 0 Å². The molecule has 1 amide bonds. The molecule has 4 rings (SSSR count). The van der Waals surface area contributed by atoms with Crippen LogP contribution in [-0.2, 0) is 30.4 Å². The normalized spacial score (nSPS) is 14.2. The number of aromatic amines is 1. The molecular weight excluding hydrogens is 397 g/mol. The number of rotatable bonds is 4. The van der Waals surface area contributed by atoms with Gasteiger partial charge in [-0.05, 0) is 31.2 Å². The SMILES string of the molecule is O=C(CCn1cnc2sc3c(c2c1=O)CCCC3)Nc1n[nH]c(C(F)(F)F)n1. The van der Waals surface area contributed by atoms with Crippen molar-refractivity contribution in [2.45, 2.75) is 44.8 Å². The van der Waals surface area contributed by atoms with E-state index in [2.05, 4.69) is 20.4 Å². The highest BCUT2D eigenvalue weighted by Gasteiger charge is 2.35. The van der Waals surface area contributed by atoms with Gasteiger partial charge in [-0.15, -0.1) is 16.4 Å². The van der Waals surface area contributed by atoms with Gasteiger partial charge in [0.2, 0.25) is 17.7 Å². The van der Waals surface area contributed by atoms with Gasteiger partial charge in [-0.3, -0.25) is 24.6 Å². The number of aryl methyl sites for hydroxylation is 3. The summed E-state index contributed by atoms with van der Waals surface area (Å²) in [6.45, 7) is 0.0504. The number of carbonyl (C=O) groups is 1. The van der Waals surface area contributed by atoms with E-state index >= 15 is 0 Å². The van der Waals surface area contributed by atoms with Crippen molar-refractivity contribution in [3.8, 4) is 0 Å². The zero-order chi connectivity index (χ0) is 19.9. The second kappa shape index (κ2) is 7.00. The van der Waals surface area contributed by atoms with Crippen LogP contribution in [0.2, 0.25) is 0 Å². The predicted molar refractivity (Wildman–Crippen MR) is 95.2 cm³/mol. The Morgan fingerprint density at radius 3 is 2.86 bits per heavy atom. The largest absolute Gasteiger partial charge is 0.451 e. The first-order valence-electron chi connectivity index (χ1n) is 8.62. The van der Waals surface area contributed by atoms with Crippen LogP contribution in [0, 0.1) is 0 Å². The molecule has 3 aromatic heterocycles. The molecule has 8 nitrogen and oxygen atoms in total. The number of nitrogens with one attached hydrogen (secondary N) is 2. The van der Waals surface area contributed by atoms with E-state index in [1.165, 1.54) is 27.1 Å². The monoisotopic (exact) mass is 412 g/mol. The average molecular weight is 412 g/mol. The smallest absolute Gasteiger partial charge is 0.298 e. The first-order valence-corrected chi connectivity index (χ1v) is 9.43. The zero-order valence-corrected chi connectivity index (χ0v) is 15.3. The molecule has 0 atom stereocenters. The number of aromatic nitrogens is 5. The summed E-state index contributed by atoms with van der Waals surface area (Å²) in [6, 6.07) is 0. The summed E-state index contributed by atoms with van der Waals surface area (Å²) in [5.41, 5.74) is 0.859. The van der Waals surface area contributed by atoms with Crippen molar-refractivity contribution in [1.82, 2.24) is 24.7 Å². The maximum Gasteiger partial charge on any atom is 0.451 e. The van der Waals surface area contributed by atoms with Crippen molar-refractivity contribution in [2.75, 3.05) is 5.32 Å². The van der Waals surface area contributed by atoms with E-state index in [1.807, 2.05) is 0 Å². The number of alkyl halides is 3. The Bertz CT molecular complexity index is 1100. The van der Waals surface area contributed by atoms with Crippen molar-refractivity contribution in [3.63, 3.8) is 0 Å². The van der Waals surface area contributed by atoms with E-state index < -0.39 is 23.9 Å². The predicted octanol–water partition coefficient (Wildman–Crippen LogP) is 2.50. The van der Waals surface area contributed by atoms with Crippen molar-refractivity contribution < 1.29 is 18.0 Å². The molecule has 28 heavy (non-hydrogen) atoms. The molecule has 0 fully saturated rings. The number of hydrogen-bond donors (Lipinski definition) is 2. The van der Waals surface area contributed by atoms with Crippen LogP contribution in [0.3, 0.4) is 0 Å². The fourth-order valence-corrected chi connectivity index (χ4v) is 4.41. The first kappa shape index (κ1) is 18.6. The van der Waals surface area contributed by atoms with Gasteiger partial charge in [0.1, 0.15) is 4.83 Å². The molecule has 148 valence electrons. The Morgan fingerprint density at radius 1 is 1.32 bits per heavy atom. The Labute approximate surface area is 159 Å². The lowest BCUT2D eigenvalue weighted by Gasteiger charge is -2.10. The summed E-state index contributed by atoms with van der Waals surface area (Å²) in [5, 5.41) is 7.82. The van der Waals surface area contributed by atoms with Crippen molar-refractivity contribution in [2.24, 2.45) is 0 Å². The van der Waals surface area contributed by atoms with Crippen LogP contribution in [0.5, 0.6) is 0 Å². The standard InChI is InChI=1S/C16H15F3N6O2S/c17-16(18,19)14-22-15(24-23-14)21-10(26)5-6-25-7-20-12-11(13(25)27)8-3-1-2-4-9(8)28-12/h7H,1-6H2,(H2,21,22,23,24,26). The molecule has 0 aromatic carbocycles. The molecule has 0 aliphatic heterocycles. The number of H-pyrrole nitrogens is 1. The van der Waals surface area contributed by atoms with Crippen LogP contribution < -0.4 is 10.9 Å². The number of amides is 1. The lowest BCUT2D eigenvalue weighted by atomic mass is 9.97.